The summed E-state index contributed by atoms with van der Waals surface area (Å²) in [6.45, 7) is 2.10. The van der Waals surface area contributed by atoms with Gasteiger partial charge in [0.2, 0.25) is 0 Å². The quantitative estimate of drug-likeness (QED) is 0.520. The molecule has 0 fully saturated rings. The average molecular weight is 424 g/mol. The van der Waals surface area contributed by atoms with Crippen molar-refractivity contribution < 1.29 is 9.47 Å². The van der Waals surface area contributed by atoms with Crippen molar-refractivity contribution in [3.05, 3.63) is 66.0 Å². The first kappa shape index (κ1) is 19.4. The number of nitrogens with zero attached hydrogens (tertiary/aromatic N) is 2. The summed E-state index contributed by atoms with van der Waals surface area (Å²) in [5.41, 5.74) is 3.41. The van der Waals surface area contributed by atoms with E-state index in [1.807, 2.05) is 30.3 Å². The molecule has 5 heteroatoms. The van der Waals surface area contributed by atoms with Crippen LogP contribution in [0.15, 0.2) is 54.6 Å². The van der Waals surface area contributed by atoms with Crippen molar-refractivity contribution in [3.63, 3.8) is 0 Å². The van der Waals surface area contributed by atoms with E-state index in [0.29, 0.717) is 0 Å². The Kier molecular flexibility index (Phi) is 6.89. The zero-order chi connectivity index (χ0) is 19.1. The number of hydrogen-bond acceptors (Lipinski definition) is 4. The van der Waals surface area contributed by atoms with Gasteiger partial charge in [-0.15, -0.1) is 0 Å². The maximum atomic E-state index is 5.35. The van der Waals surface area contributed by atoms with E-state index in [2.05, 4.69) is 31.2 Å². The predicted molar refractivity (Wildman–Crippen MR) is 112 cm³/mol. The minimum atomic E-state index is -0.317. The van der Waals surface area contributed by atoms with E-state index < -0.39 is 0 Å². The molecule has 0 radical (unpaired) electrons. The van der Waals surface area contributed by atoms with E-state index in [1.54, 1.807) is 14.2 Å². The molecule has 3 rings (SSSR count). The van der Waals surface area contributed by atoms with Gasteiger partial charge >= 0.3 is 168 Å². The van der Waals surface area contributed by atoms with Gasteiger partial charge in [0.25, 0.3) is 0 Å². The summed E-state index contributed by atoms with van der Waals surface area (Å²) < 4.78 is 11.8. The van der Waals surface area contributed by atoms with E-state index in [1.165, 1.54) is 15.3 Å². The van der Waals surface area contributed by atoms with Crippen LogP contribution in [0.1, 0.15) is 18.3 Å². The van der Waals surface area contributed by atoms with Gasteiger partial charge in [0.15, 0.2) is 0 Å². The molecular weight excluding hydrogens is 399 g/mol. The van der Waals surface area contributed by atoms with Crippen molar-refractivity contribution in [1.29, 1.82) is 0 Å². The van der Waals surface area contributed by atoms with Crippen LogP contribution < -0.4 is 14.0 Å². The van der Waals surface area contributed by atoms with E-state index in [9.17, 15) is 0 Å². The van der Waals surface area contributed by atoms with Crippen molar-refractivity contribution in [2.24, 2.45) is 0 Å². The molecule has 1 heterocycles. The first-order valence-electron chi connectivity index (χ1n) is 9.11. The molecule has 4 nitrogen and oxygen atoms in total. The number of methoxy groups -OCH3 is 2. The number of hydrogen-bond donors (Lipinski definition) is 0. The van der Waals surface area contributed by atoms with Crippen molar-refractivity contribution >= 4 is 20.2 Å². The van der Waals surface area contributed by atoms with Crippen LogP contribution in [0.2, 0.25) is 5.21 Å². The van der Waals surface area contributed by atoms with Crippen LogP contribution in [0.25, 0.3) is 11.3 Å². The Balaban J connectivity index is 1.72. The van der Waals surface area contributed by atoms with Gasteiger partial charge in [-0.25, -0.2) is 0 Å². The molecule has 0 aliphatic carbocycles. The maximum absolute atomic E-state index is 5.35. The third-order valence-corrected chi connectivity index (χ3v) is 6.68. The van der Waals surface area contributed by atoms with Crippen molar-refractivity contribution in [2.75, 3.05) is 14.2 Å². The summed E-state index contributed by atoms with van der Waals surface area (Å²) in [6, 6.07) is 18.5. The second-order valence-electron chi connectivity index (χ2n) is 6.17. The van der Waals surface area contributed by atoms with Crippen LogP contribution in [-0.2, 0) is 12.8 Å². The van der Waals surface area contributed by atoms with Gasteiger partial charge in [0, 0.05) is 0 Å². The van der Waals surface area contributed by atoms with Crippen molar-refractivity contribution in [1.82, 2.24) is 9.97 Å². The zero-order valence-corrected chi connectivity index (χ0v) is 18.1. The predicted octanol–water partition coefficient (Wildman–Crippen LogP) is 3.45. The first-order valence-corrected chi connectivity index (χ1v) is 11.6. The molecule has 0 saturated carbocycles. The number of aryl methyl sites for hydroxylation is 2. The van der Waals surface area contributed by atoms with Crippen molar-refractivity contribution in [3.8, 4) is 22.8 Å². The van der Waals surface area contributed by atoms with Gasteiger partial charge in [-0.3, -0.25) is 0 Å². The molecule has 0 N–H and O–H groups in total. The SMILES string of the molecule is CCc1nc([AsH]CCc2ccc(OC)cc2)cc(-c2cccc(OC)c2)n1. The van der Waals surface area contributed by atoms with Crippen LogP contribution in [0.5, 0.6) is 11.5 Å². The molecule has 0 bridgehead atoms. The second kappa shape index (κ2) is 9.57. The first-order chi connectivity index (χ1) is 13.2. The summed E-state index contributed by atoms with van der Waals surface area (Å²) in [5.74, 6) is 2.67. The fourth-order valence-corrected chi connectivity index (χ4v) is 5.15. The van der Waals surface area contributed by atoms with Crippen LogP contribution in [0.3, 0.4) is 0 Å². The van der Waals surface area contributed by atoms with Crippen LogP contribution >= 0.6 is 0 Å². The van der Waals surface area contributed by atoms with Gasteiger partial charge in [0.05, 0.1) is 0 Å². The standard InChI is InChI=1S/C22H25AsN2O2/c1-4-22-24-20(17-6-5-7-19(14-17)27-3)15-21(25-22)23-13-12-16-8-10-18(26-2)11-9-16/h5-11,14-15,23H,4,12-13H2,1-3H3. The summed E-state index contributed by atoms with van der Waals surface area (Å²) >= 11 is -0.317. The molecule has 3 aromatic rings. The third-order valence-electron chi connectivity index (χ3n) is 4.33. The number of rotatable bonds is 8. The molecule has 0 aliphatic heterocycles. The van der Waals surface area contributed by atoms with E-state index in [4.69, 9.17) is 19.4 Å². The summed E-state index contributed by atoms with van der Waals surface area (Å²) in [4.78, 5) is 9.49. The van der Waals surface area contributed by atoms with Gasteiger partial charge in [-0.05, 0) is 0 Å². The Morgan fingerprint density at radius 1 is 0.889 bits per heavy atom. The Hall–Kier alpha value is -2.32. The Morgan fingerprint density at radius 3 is 2.37 bits per heavy atom. The summed E-state index contributed by atoms with van der Waals surface area (Å²) in [7, 11) is 3.38. The molecule has 140 valence electrons. The monoisotopic (exact) mass is 424 g/mol. The Bertz CT molecular complexity index is 882. The second-order valence-corrected chi connectivity index (χ2v) is 9.03. The topological polar surface area (TPSA) is 44.2 Å². The minimum absolute atomic E-state index is 0.317. The Morgan fingerprint density at radius 2 is 1.67 bits per heavy atom. The molecule has 0 spiro atoms. The molecule has 2 aromatic carbocycles. The fourth-order valence-electron chi connectivity index (χ4n) is 2.80. The number of benzene rings is 2. The molecule has 1 unspecified atom stereocenters. The fraction of sp³-hybridized carbons (Fsp3) is 0.273. The van der Waals surface area contributed by atoms with E-state index in [0.717, 1.165) is 41.4 Å². The normalized spacial score (nSPS) is 11.1. The molecule has 1 aromatic heterocycles. The summed E-state index contributed by atoms with van der Waals surface area (Å²) in [6.07, 6.45) is 1.92. The number of aromatic nitrogens is 2. The van der Waals surface area contributed by atoms with Gasteiger partial charge < -0.3 is 0 Å². The molecule has 0 amide bonds. The van der Waals surface area contributed by atoms with Gasteiger partial charge in [-0.2, -0.15) is 0 Å². The van der Waals surface area contributed by atoms with Crippen LogP contribution in [-0.4, -0.2) is 39.9 Å². The van der Waals surface area contributed by atoms with E-state index in [-0.39, 0.29) is 15.8 Å². The molecule has 27 heavy (non-hydrogen) atoms. The Labute approximate surface area is 167 Å². The third kappa shape index (κ3) is 5.33. The molecule has 0 saturated heterocycles. The number of ether oxygens (including phenoxy) is 2. The van der Waals surface area contributed by atoms with Crippen LogP contribution in [0.4, 0.5) is 0 Å². The zero-order valence-electron chi connectivity index (χ0n) is 16.0. The van der Waals surface area contributed by atoms with Gasteiger partial charge in [-0.1, -0.05) is 0 Å². The van der Waals surface area contributed by atoms with Crippen LogP contribution in [0, 0.1) is 0 Å². The molecular formula is C22H25AsN2O2. The van der Waals surface area contributed by atoms with Crippen molar-refractivity contribution in [2.45, 2.75) is 25.0 Å². The average Bonchev–Trinajstić information content (AvgIpc) is 2.74. The van der Waals surface area contributed by atoms with Gasteiger partial charge in [0.1, 0.15) is 0 Å². The van der Waals surface area contributed by atoms with E-state index >= 15 is 0 Å². The summed E-state index contributed by atoms with van der Waals surface area (Å²) in [5, 5.41) is 1.17. The molecule has 0 aliphatic rings. The molecule has 1 atom stereocenters.